The molecule has 0 saturated carbocycles. The summed E-state index contributed by atoms with van der Waals surface area (Å²) in [7, 11) is -3.61. The van der Waals surface area contributed by atoms with E-state index in [-0.39, 0.29) is 0 Å². The van der Waals surface area contributed by atoms with Gasteiger partial charge in [0, 0.05) is 25.3 Å². The average molecular weight is 378 g/mol. The molecule has 4 nitrogen and oxygen atoms in total. The van der Waals surface area contributed by atoms with Crippen LogP contribution in [0.15, 0.2) is 83.8 Å². The van der Waals surface area contributed by atoms with Gasteiger partial charge in [-0.2, -0.15) is 4.31 Å². The van der Waals surface area contributed by atoms with Crippen LogP contribution in [0.4, 0.5) is 5.69 Å². The van der Waals surface area contributed by atoms with Gasteiger partial charge in [-0.1, -0.05) is 60.7 Å². The normalized spacial score (nSPS) is 13.4. The third-order valence-corrected chi connectivity index (χ3v) is 6.62. The van der Waals surface area contributed by atoms with Gasteiger partial charge in [-0.25, -0.2) is 8.42 Å². The van der Waals surface area contributed by atoms with Crippen molar-refractivity contribution in [2.24, 2.45) is 0 Å². The summed E-state index contributed by atoms with van der Waals surface area (Å²) in [6, 6.07) is 24.8. The molecule has 27 heavy (non-hydrogen) atoms. The van der Waals surface area contributed by atoms with E-state index in [1.165, 1.54) is 0 Å². The Bertz CT molecular complexity index is 977. The number of fused-ring (bicyclic) bond motifs is 1. The molecule has 5 heteroatoms. The Kier molecular flexibility index (Phi) is 4.97. The van der Waals surface area contributed by atoms with E-state index in [4.69, 9.17) is 0 Å². The SMILES string of the molecule is O=S(=O)(c1ccc2c(c1)CCN2)N(Cc1ccccc1)Cc1ccccc1. The Balaban J connectivity index is 1.69. The Morgan fingerprint density at radius 1 is 0.815 bits per heavy atom. The molecule has 1 aliphatic heterocycles. The van der Waals surface area contributed by atoms with Crippen LogP contribution in [0.3, 0.4) is 0 Å². The van der Waals surface area contributed by atoms with E-state index in [9.17, 15) is 8.42 Å². The standard InChI is InChI=1S/C22H22N2O2S/c25-27(26,21-11-12-22-20(15-21)13-14-23-22)24(16-18-7-3-1-4-8-18)17-19-9-5-2-6-10-19/h1-12,15,23H,13-14,16-17H2. The lowest BCUT2D eigenvalue weighted by Crippen LogP contribution is -2.30. The third-order valence-electron chi connectivity index (χ3n) is 4.83. The predicted molar refractivity (Wildman–Crippen MR) is 108 cm³/mol. The molecule has 0 saturated heterocycles. The summed E-state index contributed by atoms with van der Waals surface area (Å²) in [4.78, 5) is 0.358. The van der Waals surface area contributed by atoms with Crippen LogP contribution in [0, 0.1) is 0 Å². The number of nitrogens with zero attached hydrogens (tertiary/aromatic N) is 1. The van der Waals surface area contributed by atoms with Crippen LogP contribution in [-0.4, -0.2) is 19.3 Å². The first-order chi connectivity index (χ1) is 13.1. The molecule has 1 heterocycles. The first-order valence-electron chi connectivity index (χ1n) is 9.08. The van der Waals surface area contributed by atoms with Gasteiger partial charge in [0.25, 0.3) is 0 Å². The molecule has 1 aliphatic rings. The average Bonchev–Trinajstić information content (AvgIpc) is 3.17. The fourth-order valence-corrected chi connectivity index (χ4v) is 4.86. The molecule has 0 aliphatic carbocycles. The topological polar surface area (TPSA) is 49.4 Å². The third kappa shape index (κ3) is 3.89. The van der Waals surface area contributed by atoms with Crippen molar-refractivity contribution in [1.29, 1.82) is 0 Å². The maximum absolute atomic E-state index is 13.4. The van der Waals surface area contributed by atoms with Gasteiger partial charge >= 0.3 is 0 Å². The second-order valence-electron chi connectivity index (χ2n) is 6.74. The summed E-state index contributed by atoms with van der Waals surface area (Å²) in [6.07, 6.45) is 0.857. The molecule has 3 aromatic rings. The zero-order chi connectivity index (χ0) is 18.7. The van der Waals surface area contributed by atoms with Gasteiger partial charge in [0.05, 0.1) is 4.90 Å². The lowest BCUT2D eigenvalue weighted by Gasteiger charge is -2.23. The van der Waals surface area contributed by atoms with E-state index in [1.54, 1.807) is 10.4 Å². The highest BCUT2D eigenvalue weighted by molar-refractivity contribution is 7.89. The number of hydrogen-bond donors (Lipinski definition) is 1. The largest absolute Gasteiger partial charge is 0.384 e. The quantitative estimate of drug-likeness (QED) is 0.704. The molecule has 4 rings (SSSR count). The summed E-state index contributed by atoms with van der Waals surface area (Å²) >= 11 is 0. The molecule has 1 N–H and O–H groups in total. The van der Waals surface area contributed by atoms with Crippen LogP contribution < -0.4 is 5.32 Å². The van der Waals surface area contributed by atoms with Gasteiger partial charge < -0.3 is 5.32 Å². The number of rotatable bonds is 6. The Hall–Kier alpha value is -2.63. The van der Waals surface area contributed by atoms with Gasteiger partial charge in [-0.05, 0) is 41.3 Å². The number of hydrogen-bond acceptors (Lipinski definition) is 3. The first kappa shape index (κ1) is 17.8. The van der Waals surface area contributed by atoms with E-state index < -0.39 is 10.0 Å². The van der Waals surface area contributed by atoms with Crippen LogP contribution in [-0.2, 0) is 29.5 Å². The van der Waals surface area contributed by atoms with Crippen molar-refractivity contribution in [3.8, 4) is 0 Å². The minimum atomic E-state index is -3.61. The van der Waals surface area contributed by atoms with Crippen LogP contribution in [0.1, 0.15) is 16.7 Å². The van der Waals surface area contributed by atoms with Crippen molar-refractivity contribution in [3.05, 3.63) is 95.6 Å². The van der Waals surface area contributed by atoms with Crippen LogP contribution in [0.25, 0.3) is 0 Å². The molecule has 138 valence electrons. The van der Waals surface area contributed by atoms with Gasteiger partial charge in [0.15, 0.2) is 0 Å². The summed E-state index contributed by atoms with van der Waals surface area (Å²) in [5.74, 6) is 0. The number of anilines is 1. The van der Waals surface area contributed by atoms with Gasteiger partial charge in [-0.3, -0.25) is 0 Å². The molecular weight excluding hydrogens is 356 g/mol. The van der Waals surface area contributed by atoms with Gasteiger partial charge in [0.2, 0.25) is 10.0 Å². The van der Waals surface area contributed by atoms with Crippen molar-refractivity contribution in [1.82, 2.24) is 4.31 Å². The lowest BCUT2D eigenvalue weighted by atomic mass is 10.2. The second-order valence-corrected chi connectivity index (χ2v) is 8.68. The second kappa shape index (κ2) is 7.55. The molecule has 0 radical (unpaired) electrons. The van der Waals surface area contributed by atoms with E-state index in [0.717, 1.165) is 35.3 Å². The summed E-state index contributed by atoms with van der Waals surface area (Å²) in [5, 5.41) is 3.28. The van der Waals surface area contributed by atoms with Crippen LogP contribution in [0.5, 0.6) is 0 Å². The first-order valence-corrected chi connectivity index (χ1v) is 10.5. The van der Waals surface area contributed by atoms with E-state index >= 15 is 0 Å². The number of nitrogens with one attached hydrogen (secondary N) is 1. The molecule has 0 atom stereocenters. The van der Waals surface area contributed by atoms with Gasteiger partial charge in [-0.15, -0.1) is 0 Å². The highest BCUT2D eigenvalue weighted by Crippen LogP contribution is 2.28. The molecule has 0 spiro atoms. The van der Waals surface area contributed by atoms with Crippen molar-refractivity contribution in [2.45, 2.75) is 24.4 Å². The molecule has 0 aromatic heterocycles. The fourth-order valence-electron chi connectivity index (χ4n) is 3.39. The van der Waals surface area contributed by atoms with Crippen molar-refractivity contribution < 1.29 is 8.42 Å². The molecule has 0 unspecified atom stereocenters. The van der Waals surface area contributed by atoms with Crippen molar-refractivity contribution in [2.75, 3.05) is 11.9 Å². The van der Waals surface area contributed by atoms with Crippen molar-refractivity contribution in [3.63, 3.8) is 0 Å². The minimum absolute atomic E-state index is 0.341. The number of sulfonamides is 1. The predicted octanol–water partition coefficient (Wildman–Crippen LogP) is 4.05. The van der Waals surface area contributed by atoms with Crippen molar-refractivity contribution >= 4 is 15.7 Å². The molecular formula is C22H22N2O2S. The maximum atomic E-state index is 13.4. The van der Waals surface area contributed by atoms with Crippen LogP contribution in [0.2, 0.25) is 0 Å². The van der Waals surface area contributed by atoms with Gasteiger partial charge in [0.1, 0.15) is 0 Å². The zero-order valence-corrected chi connectivity index (χ0v) is 15.8. The van der Waals surface area contributed by atoms with E-state index in [2.05, 4.69) is 5.32 Å². The maximum Gasteiger partial charge on any atom is 0.243 e. The monoisotopic (exact) mass is 378 g/mol. The zero-order valence-electron chi connectivity index (χ0n) is 15.0. The molecule has 0 bridgehead atoms. The fraction of sp³-hybridized carbons (Fsp3) is 0.182. The molecule has 0 amide bonds. The number of benzene rings is 3. The smallest absolute Gasteiger partial charge is 0.243 e. The molecule has 0 fully saturated rings. The Labute approximate surface area is 160 Å². The highest BCUT2D eigenvalue weighted by atomic mass is 32.2. The summed E-state index contributed by atoms with van der Waals surface area (Å²) < 4.78 is 28.5. The van der Waals surface area contributed by atoms with Crippen LogP contribution >= 0.6 is 0 Å². The van der Waals surface area contributed by atoms with E-state index in [1.807, 2.05) is 72.8 Å². The lowest BCUT2D eigenvalue weighted by molar-refractivity contribution is 0.401. The summed E-state index contributed by atoms with van der Waals surface area (Å²) in [5.41, 5.74) is 4.04. The molecule has 3 aromatic carbocycles. The Morgan fingerprint density at radius 2 is 1.41 bits per heavy atom. The highest BCUT2D eigenvalue weighted by Gasteiger charge is 2.26. The Morgan fingerprint density at radius 3 is 2.00 bits per heavy atom. The minimum Gasteiger partial charge on any atom is -0.384 e. The van der Waals surface area contributed by atoms with E-state index in [0.29, 0.717) is 18.0 Å². The summed E-state index contributed by atoms with van der Waals surface area (Å²) in [6.45, 7) is 1.54.